The van der Waals surface area contributed by atoms with Gasteiger partial charge in [0.25, 0.3) is 8.32 Å². The van der Waals surface area contributed by atoms with E-state index in [9.17, 15) is 0 Å². The van der Waals surface area contributed by atoms with Crippen LogP contribution in [0.5, 0.6) is 0 Å². The maximum atomic E-state index is 7.19. The second-order valence-electron chi connectivity index (χ2n) is 15.5. The number of benzene rings is 3. The van der Waals surface area contributed by atoms with Crippen LogP contribution in [-0.2, 0) is 34.7 Å². The predicted octanol–water partition coefficient (Wildman–Crippen LogP) is 8.16. The van der Waals surface area contributed by atoms with Crippen molar-refractivity contribution in [3.8, 4) is 0 Å². The van der Waals surface area contributed by atoms with Crippen molar-refractivity contribution in [3.63, 3.8) is 0 Å². The lowest BCUT2D eigenvalue weighted by atomic mass is 9.98. The van der Waals surface area contributed by atoms with Gasteiger partial charge in [-0.05, 0) is 74.4 Å². The summed E-state index contributed by atoms with van der Waals surface area (Å²) in [4.78, 5) is 0. The Morgan fingerprint density at radius 3 is 1.56 bits per heavy atom. The number of hydrogen-bond acceptors (Lipinski definition) is 6. The van der Waals surface area contributed by atoms with E-state index in [0.717, 1.165) is 38.5 Å². The zero-order chi connectivity index (χ0) is 34.3. The summed E-state index contributed by atoms with van der Waals surface area (Å²) < 4.78 is 38.7. The van der Waals surface area contributed by atoms with Crippen molar-refractivity contribution >= 4 is 18.7 Å². The fourth-order valence-electron chi connectivity index (χ4n) is 7.63. The largest absolute Gasteiger partial charge is 0.407 e. The van der Waals surface area contributed by atoms with Crippen molar-refractivity contribution in [2.24, 2.45) is 0 Å². The molecule has 6 nitrogen and oxygen atoms in total. The van der Waals surface area contributed by atoms with E-state index in [1.165, 1.54) is 15.9 Å². The standard InChI is InChI=1S/C41H58O6Si/c1-39(2,3)48(37-22-13-9-14-23-37,38-24-15-10-16-25-38)43-27-26-35-28-33(44-40(4,5)46-35)20-17-21-34-29-36(47-41(6,7)45-34)31-42-30-32-18-11-8-12-19-32/h8-16,18-19,22-25,33-36H,17,20-21,26-31H2,1-7H3/t33-,34+,35+,36+/m1/s1. The zero-order valence-corrected chi connectivity index (χ0v) is 31.3. The minimum absolute atomic E-state index is 0.0145. The van der Waals surface area contributed by atoms with Crippen molar-refractivity contribution in [1.29, 1.82) is 0 Å². The Bertz CT molecular complexity index is 1330. The topological polar surface area (TPSA) is 55.4 Å². The Morgan fingerprint density at radius 2 is 1.06 bits per heavy atom. The van der Waals surface area contributed by atoms with Gasteiger partial charge in [-0.15, -0.1) is 0 Å². The van der Waals surface area contributed by atoms with Gasteiger partial charge in [0.1, 0.15) is 0 Å². The second kappa shape index (κ2) is 16.1. The van der Waals surface area contributed by atoms with Crippen molar-refractivity contribution in [3.05, 3.63) is 96.6 Å². The molecule has 0 radical (unpaired) electrons. The summed E-state index contributed by atoms with van der Waals surface area (Å²) >= 11 is 0. The third kappa shape index (κ3) is 9.87. The minimum atomic E-state index is -2.59. The van der Waals surface area contributed by atoms with Crippen LogP contribution in [0.3, 0.4) is 0 Å². The molecule has 2 fully saturated rings. The van der Waals surface area contributed by atoms with Gasteiger partial charge in [0.05, 0.1) is 37.6 Å². The van der Waals surface area contributed by atoms with E-state index >= 15 is 0 Å². The van der Waals surface area contributed by atoms with Crippen LogP contribution in [-0.4, -0.2) is 57.5 Å². The Kier molecular flexibility index (Phi) is 12.4. The molecule has 3 aromatic carbocycles. The number of ether oxygens (including phenoxy) is 5. The van der Waals surface area contributed by atoms with Gasteiger partial charge in [-0.1, -0.05) is 112 Å². The van der Waals surface area contributed by atoms with Crippen LogP contribution in [0.2, 0.25) is 5.04 Å². The van der Waals surface area contributed by atoms with Crippen molar-refractivity contribution in [2.75, 3.05) is 13.2 Å². The molecule has 3 aromatic rings. The summed E-state index contributed by atoms with van der Waals surface area (Å²) in [5, 5.41) is 2.55. The highest BCUT2D eigenvalue weighted by Crippen LogP contribution is 2.38. The van der Waals surface area contributed by atoms with Gasteiger partial charge in [0, 0.05) is 19.4 Å². The zero-order valence-electron chi connectivity index (χ0n) is 30.3. The summed E-state index contributed by atoms with van der Waals surface area (Å²) in [5.41, 5.74) is 1.17. The maximum absolute atomic E-state index is 7.19. The van der Waals surface area contributed by atoms with E-state index in [-0.39, 0.29) is 29.5 Å². The third-order valence-corrected chi connectivity index (χ3v) is 14.5. The van der Waals surface area contributed by atoms with Crippen LogP contribution in [0.1, 0.15) is 92.6 Å². The van der Waals surface area contributed by atoms with Crippen LogP contribution in [0.4, 0.5) is 0 Å². The fraction of sp³-hybridized carbons (Fsp3) is 0.561. The Labute approximate surface area is 290 Å². The van der Waals surface area contributed by atoms with Gasteiger partial charge in [0.2, 0.25) is 0 Å². The van der Waals surface area contributed by atoms with Gasteiger partial charge in [0.15, 0.2) is 11.6 Å². The average Bonchev–Trinajstić information content (AvgIpc) is 3.02. The summed E-state index contributed by atoms with van der Waals surface area (Å²) in [5.74, 6) is -1.26. The van der Waals surface area contributed by atoms with Crippen LogP contribution in [0, 0.1) is 0 Å². The molecule has 0 spiro atoms. The molecule has 0 aliphatic carbocycles. The fourth-order valence-corrected chi connectivity index (χ4v) is 12.2. The van der Waals surface area contributed by atoms with Crippen LogP contribution in [0.25, 0.3) is 0 Å². The molecule has 2 heterocycles. The quantitative estimate of drug-likeness (QED) is 0.161. The molecule has 0 saturated carbocycles. The van der Waals surface area contributed by atoms with E-state index in [1.54, 1.807) is 0 Å². The first-order chi connectivity index (χ1) is 22.9. The molecule has 48 heavy (non-hydrogen) atoms. The summed E-state index contributed by atoms with van der Waals surface area (Å²) in [6.07, 6.45) is 5.82. The van der Waals surface area contributed by atoms with E-state index in [2.05, 4.69) is 93.6 Å². The minimum Gasteiger partial charge on any atom is -0.407 e. The molecule has 5 rings (SSSR count). The van der Waals surface area contributed by atoms with E-state index in [0.29, 0.717) is 19.8 Å². The summed E-state index contributed by atoms with van der Waals surface area (Å²) in [7, 11) is -2.59. The summed E-state index contributed by atoms with van der Waals surface area (Å²) in [6, 6.07) is 32.0. The lowest BCUT2D eigenvalue weighted by molar-refractivity contribution is -0.308. The maximum Gasteiger partial charge on any atom is 0.261 e. The van der Waals surface area contributed by atoms with Gasteiger partial charge in [-0.2, -0.15) is 0 Å². The Balaban J connectivity index is 1.15. The van der Waals surface area contributed by atoms with E-state index in [1.807, 2.05) is 45.9 Å². The molecule has 0 N–H and O–H groups in total. The molecule has 262 valence electrons. The predicted molar refractivity (Wildman–Crippen MR) is 195 cm³/mol. The molecule has 0 amide bonds. The van der Waals surface area contributed by atoms with Gasteiger partial charge in [-0.3, -0.25) is 0 Å². The molecule has 2 saturated heterocycles. The SMILES string of the molecule is CC1(C)O[C@H](CCC[C@H]2C[C@@H](COCc3ccccc3)OC(C)(C)O2)C[C@H](CCO[Si](c2ccccc2)(c2ccccc2)C(C)(C)C)O1. The third-order valence-electron chi connectivity index (χ3n) is 9.50. The van der Waals surface area contributed by atoms with Gasteiger partial charge in [-0.25, -0.2) is 0 Å². The molecule has 0 bridgehead atoms. The highest BCUT2D eigenvalue weighted by Gasteiger charge is 2.50. The van der Waals surface area contributed by atoms with Crippen LogP contribution < -0.4 is 10.4 Å². The van der Waals surface area contributed by atoms with Gasteiger partial charge >= 0.3 is 0 Å². The molecule has 0 unspecified atom stereocenters. The normalized spacial score (nSPS) is 24.3. The Morgan fingerprint density at radius 1 is 0.625 bits per heavy atom. The first-order valence-corrected chi connectivity index (χ1v) is 19.8. The molecule has 7 heteroatoms. The molecular formula is C41H58O6Si. The van der Waals surface area contributed by atoms with Crippen molar-refractivity contribution in [2.45, 2.75) is 135 Å². The number of hydrogen-bond donors (Lipinski definition) is 0. The Hall–Kier alpha value is -2.36. The molecule has 2 aliphatic heterocycles. The highest BCUT2D eigenvalue weighted by molar-refractivity contribution is 6.99. The summed E-state index contributed by atoms with van der Waals surface area (Å²) in [6.45, 7) is 16.9. The van der Waals surface area contributed by atoms with Crippen molar-refractivity contribution < 1.29 is 28.1 Å². The van der Waals surface area contributed by atoms with Crippen LogP contribution in [0.15, 0.2) is 91.0 Å². The first-order valence-electron chi connectivity index (χ1n) is 17.9. The molecule has 0 aromatic heterocycles. The highest BCUT2D eigenvalue weighted by atomic mass is 28.4. The monoisotopic (exact) mass is 674 g/mol. The van der Waals surface area contributed by atoms with Gasteiger partial charge < -0.3 is 28.1 Å². The van der Waals surface area contributed by atoms with E-state index in [4.69, 9.17) is 28.1 Å². The van der Waals surface area contributed by atoms with Crippen LogP contribution >= 0.6 is 0 Å². The average molecular weight is 675 g/mol. The lowest BCUT2D eigenvalue weighted by Crippen LogP contribution is -2.66. The van der Waals surface area contributed by atoms with E-state index < -0.39 is 19.9 Å². The molecule has 2 aliphatic rings. The molecular weight excluding hydrogens is 617 g/mol. The number of rotatable bonds is 14. The molecule has 4 atom stereocenters. The lowest BCUT2D eigenvalue weighted by Gasteiger charge is -2.44. The smallest absolute Gasteiger partial charge is 0.261 e. The first kappa shape index (κ1) is 36.9. The van der Waals surface area contributed by atoms with Crippen molar-refractivity contribution in [1.82, 2.24) is 0 Å². The second-order valence-corrected chi connectivity index (χ2v) is 19.8.